The minimum Gasteiger partial charge on any atom is -0.481 e. The molecule has 8 heteroatoms. The van der Waals surface area contributed by atoms with Crippen molar-refractivity contribution < 1.29 is 29.0 Å². The summed E-state index contributed by atoms with van der Waals surface area (Å²) in [6, 6.07) is 16.3. The Balaban J connectivity index is 1.19. The van der Waals surface area contributed by atoms with E-state index in [9.17, 15) is 14.4 Å². The van der Waals surface area contributed by atoms with Crippen LogP contribution in [0, 0.1) is 11.8 Å². The number of nitrogens with one attached hydrogen (secondary N) is 2. The number of carboxylic acids is 1. The first-order valence-corrected chi connectivity index (χ1v) is 12.2. The average Bonchev–Trinajstić information content (AvgIpc) is 3.58. The van der Waals surface area contributed by atoms with E-state index in [1.54, 1.807) is 0 Å². The molecule has 3 N–H and O–H groups in total. The van der Waals surface area contributed by atoms with Crippen LogP contribution < -0.4 is 10.6 Å². The number of benzene rings is 2. The highest BCUT2D eigenvalue weighted by Gasteiger charge is 2.43. The van der Waals surface area contributed by atoms with Crippen LogP contribution in [0.3, 0.4) is 0 Å². The molecule has 1 saturated carbocycles. The predicted octanol–water partition coefficient (Wildman–Crippen LogP) is 3.30. The molecule has 5 rings (SSSR count). The second-order valence-electron chi connectivity index (χ2n) is 9.76. The molecule has 0 spiro atoms. The Kier molecular flexibility index (Phi) is 6.47. The van der Waals surface area contributed by atoms with Crippen LogP contribution in [0.4, 0.5) is 4.79 Å². The van der Waals surface area contributed by atoms with Gasteiger partial charge in [-0.1, -0.05) is 48.5 Å². The van der Waals surface area contributed by atoms with Crippen molar-refractivity contribution in [3.8, 4) is 11.1 Å². The Morgan fingerprint density at radius 1 is 1.00 bits per heavy atom. The highest BCUT2D eigenvalue weighted by atomic mass is 16.5. The number of aliphatic carboxylic acids is 1. The number of fused-ring (bicyclic) bond motifs is 3. The van der Waals surface area contributed by atoms with E-state index in [0.717, 1.165) is 22.3 Å². The molecule has 0 bridgehead atoms. The number of hydrogen-bond acceptors (Lipinski definition) is 5. The van der Waals surface area contributed by atoms with E-state index in [0.29, 0.717) is 39.0 Å². The lowest BCUT2D eigenvalue weighted by Gasteiger charge is -2.37. The van der Waals surface area contributed by atoms with Gasteiger partial charge in [0.1, 0.15) is 6.61 Å². The first-order chi connectivity index (χ1) is 17.0. The van der Waals surface area contributed by atoms with Crippen LogP contribution in [0.25, 0.3) is 11.1 Å². The summed E-state index contributed by atoms with van der Waals surface area (Å²) in [6.07, 6.45) is 1.16. The van der Waals surface area contributed by atoms with Gasteiger partial charge >= 0.3 is 12.1 Å². The maximum atomic E-state index is 12.9. The molecule has 2 aromatic rings. The van der Waals surface area contributed by atoms with Gasteiger partial charge in [-0.15, -0.1) is 0 Å². The van der Waals surface area contributed by atoms with Crippen LogP contribution in [0.5, 0.6) is 0 Å². The van der Waals surface area contributed by atoms with Gasteiger partial charge in [0.05, 0.1) is 11.5 Å². The minimum atomic E-state index is -0.818. The fourth-order valence-corrected chi connectivity index (χ4v) is 5.35. The Morgan fingerprint density at radius 2 is 1.63 bits per heavy atom. The molecule has 0 aromatic heterocycles. The van der Waals surface area contributed by atoms with E-state index >= 15 is 0 Å². The second-order valence-corrected chi connectivity index (χ2v) is 9.76. The van der Waals surface area contributed by atoms with Crippen molar-refractivity contribution >= 4 is 18.0 Å². The van der Waals surface area contributed by atoms with Crippen LogP contribution >= 0.6 is 0 Å². The SMILES string of the molecule is O=C(CC1(NC(=O)OCC2c3ccccc3-c3ccccc32)CCOCC1)NC[C@H]1C[C@H]1C(=O)O. The molecule has 1 saturated heterocycles. The third kappa shape index (κ3) is 5.03. The summed E-state index contributed by atoms with van der Waals surface area (Å²) in [6.45, 7) is 1.44. The molecule has 3 aliphatic rings. The molecule has 2 atom stereocenters. The summed E-state index contributed by atoms with van der Waals surface area (Å²) in [5.74, 6) is -1.45. The van der Waals surface area contributed by atoms with Crippen LogP contribution in [-0.2, 0) is 19.1 Å². The van der Waals surface area contributed by atoms with Crippen molar-refractivity contribution in [3.63, 3.8) is 0 Å². The van der Waals surface area contributed by atoms with E-state index in [4.69, 9.17) is 14.6 Å². The van der Waals surface area contributed by atoms with Gasteiger partial charge in [-0.2, -0.15) is 0 Å². The lowest BCUT2D eigenvalue weighted by atomic mass is 9.86. The van der Waals surface area contributed by atoms with Crippen molar-refractivity contribution in [2.75, 3.05) is 26.4 Å². The third-order valence-corrected chi connectivity index (χ3v) is 7.46. The van der Waals surface area contributed by atoms with E-state index in [1.807, 2.05) is 24.3 Å². The van der Waals surface area contributed by atoms with E-state index in [2.05, 4.69) is 34.9 Å². The van der Waals surface area contributed by atoms with E-state index < -0.39 is 17.6 Å². The molecule has 184 valence electrons. The van der Waals surface area contributed by atoms with Crippen molar-refractivity contribution in [3.05, 3.63) is 59.7 Å². The van der Waals surface area contributed by atoms with Gasteiger partial charge in [0.2, 0.25) is 5.91 Å². The number of hydrogen-bond donors (Lipinski definition) is 3. The van der Waals surface area contributed by atoms with Crippen molar-refractivity contribution in [2.45, 2.75) is 37.1 Å². The van der Waals surface area contributed by atoms with Crippen molar-refractivity contribution in [2.24, 2.45) is 11.8 Å². The van der Waals surface area contributed by atoms with Crippen LogP contribution in [-0.4, -0.2) is 55.0 Å². The maximum absolute atomic E-state index is 12.9. The standard InChI is InChI=1S/C27H30N2O6/c30-24(28-15-17-13-22(17)25(31)32)14-27(9-11-34-12-10-27)29-26(33)35-16-23-20-7-3-1-5-18(20)19-6-2-4-8-21(19)23/h1-8,17,22-23H,9-16H2,(H,28,30)(H,29,33)(H,31,32)/t17-,22-/m1/s1. The Morgan fingerprint density at radius 3 is 2.23 bits per heavy atom. The fourth-order valence-electron chi connectivity index (χ4n) is 5.35. The number of carbonyl (C=O) groups excluding carboxylic acids is 2. The normalized spacial score (nSPS) is 21.9. The highest BCUT2D eigenvalue weighted by Crippen LogP contribution is 2.44. The predicted molar refractivity (Wildman–Crippen MR) is 128 cm³/mol. The van der Waals surface area contributed by atoms with Crippen LogP contribution in [0.15, 0.2) is 48.5 Å². The van der Waals surface area contributed by atoms with Crippen LogP contribution in [0.2, 0.25) is 0 Å². The van der Waals surface area contributed by atoms with Gasteiger partial charge in [-0.25, -0.2) is 4.79 Å². The summed E-state index contributed by atoms with van der Waals surface area (Å²) < 4.78 is 11.2. The topological polar surface area (TPSA) is 114 Å². The number of rotatable bonds is 8. The van der Waals surface area contributed by atoms with Crippen LogP contribution in [0.1, 0.15) is 42.7 Å². The molecule has 2 fully saturated rings. The Labute approximate surface area is 204 Å². The first kappa shape index (κ1) is 23.4. The number of alkyl carbamates (subject to hydrolysis) is 1. The Hall–Kier alpha value is -3.39. The van der Waals surface area contributed by atoms with Gasteiger partial charge in [-0.05, 0) is 47.4 Å². The maximum Gasteiger partial charge on any atom is 0.407 e. The third-order valence-electron chi connectivity index (χ3n) is 7.46. The first-order valence-electron chi connectivity index (χ1n) is 12.2. The zero-order chi connectivity index (χ0) is 24.4. The molecule has 2 aromatic carbocycles. The monoisotopic (exact) mass is 478 g/mol. The molecule has 2 aliphatic carbocycles. The largest absolute Gasteiger partial charge is 0.481 e. The number of amides is 2. The van der Waals surface area contributed by atoms with Gasteiger partial charge in [-0.3, -0.25) is 9.59 Å². The molecule has 2 amide bonds. The molecular formula is C27H30N2O6. The van der Waals surface area contributed by atoms with Crippen molar-refractivity contribution in [1.82, 2.24) is 10.6 Å². The average molecular weight is 479 g/mol. The quantitative estimate of drug-likeness (QED) is 0.537. The number of carbonyl (C=O) groups is 3. The van der Waals surface area contributed by atoms with Crippen molar-refractivity contribution in [1.29, 1.82) is 0 Å². The summed E-state index contributed by atoms with van der Waals surface area (Å²) in [5, 5.41) is 14.8. The van der Waals surface area contributed by atoms with Gasteiger partial charge in [0.15, 0.2) is 0 Å². The lowest BCUT2D eigenvalue weighted by molar-refractivity contribution is -0.139. The molecule has 35 heavy (non-hydrogen) atoms. The summed E-state index contributed by atoms with van der Waals surface area (Å²) in [4.78, 5) is 36.6. The zero-order valence-electron chi connectivity index (χ0n) is 19.5. The molecule has 0 unspecified atom stereocenters. The number of carboxylic acid groups (broad SMARTS) is 1. The highest BCUT2D eigenvalue weighted by molar-refractivity contribution is 5.80. The van der Waals surface area contributed by atoms with Gasteiger partial charge < -0.3 is 25.2 Å². The summed E-state index contributed by atoms with van der Waals surface area (Å²) in [5.41, 5.74) is 3.86. The van der Waals surface area contributed by atoms with Gasteiger partial charge in [0.25, 0.3) is 0 Å². The fraction of sp³-hybridized carbons (Fsp3) is 0.444. The molecule has 1 aliphatic heterocycles. The van der Waals surface area contributed by atoms with E-state index in [-0.39, 0.29) is 36.7 Å². The van der Waals surface area contributed by atoms with E-state index in [1.165, 1.54) is 0 Å². The second kappa shape index (κ2) is 9.70. The molecule has 1 heterocycles. The molecule has 0 radical (unpaired) electrons. The summed E-state index contributed by atoms with van der Waals surface area (Å²) >= 11 is 0. The minimum absolute atomic E-state index is 0.0165. The summed E-state index contributed by atoms with van der Waals surface area (Å²) in [7, 11) is 0. The molecular weight excluding hydrogens is 448 g/mol. The smallest absolute Gasteiger partial charge is 0.407 e. The zero-order valence-corrected chi connectivity index (χ0v) is 19.5. The molecule has 8 nitrogen and oxygen atoms in total. The Bertz CT molecular complexity index is 1080. The lowest BCUT2D eigenvalue weighted by Crippen LogP contribution is -2.54. The van der Waals surface area contributed by atoms with Gasteiger partial charge in [0, 0.05) is 32.1 Å². The number of ether oxygens (including phenoxy) is 2.